The van der Waals surface area contributed by atoms with Crippen molar-refractivity contribution in [2.45, 2.75) is 70.1 Å². The highest BCUT2D eigenvalue weighted by atomic mass is 32.2. The Balaban J connectivity index is 1.42. The van der Waals surface area contributed by atoms with Crippen molar-refractivity contribution >= 4 is 11.8 Å². The van der Waals surface area contributed by atoms with Gasteiger partial charge in [0.2, 0.25) is 0 Å². The van der Waals surface area contributed by atoms with E-state index in [1.54, 1.807) is 4.68 Å². The van der Waals surface area contributed by atoms with Crippen LogP contribution in [0, 0.1) is 5.41 Å². The minimum Gasteiger partial charge on any atom is -0.300 e. The van der Waals surface area contributed by atoms with E-state index in [4.69, 9.17) is 0 Å². The molecule has 0 bridgehead atoms. The Morgan fingerprint density at radius 1 is 1.19 bits per heavy atom. The highest BCUT2D eigenvalue weighted by Crippen LogP contribution is 2.47. The van der Waals surface area contributed by atoms with Crippen LogP contribution in [-0.2, 0) is 6.18 Å². The van der Waals surface area contributed by atoms with E-state index in [-0.39, 0.29) is 12.0 Å². The first kappa shape index (κ1) is 18.7. The summed E-state index contributed by atoms with van der Waals surface area (Å²) >= 11 is 2.06. The van der Waals surface area contributed by atoms with Gasteiger partial charge >= 0.3 is 6.18 Å². The number of alkyl halides is 3. The minimum atomic E-state index is -4.36. The summed E-state index contributed by atoms with van der Waals surface area (Å²) in [6, 6.07) is 1.86. The van der Waals surface area contributed by atoms with Gasteiger partial charge in [-0.25, -0.2) is 0 Å². The third-order valence-corrected chi connectivity index (χ3v) is 8.09. The van der Waals surface area contributed by atoms with Gasteiger partial charge in [-0.05, 0) is 58.6 Å². The zero-order valence-corrected chi connectivity index (χ0v) is 16.4. The second kappa shape index (κ2) is 6.73. The minimum absolute atomic E-state index is 0.0478. The van der Waals surface area contributed by atoms with Crippen LogP contribution in [0.1, 0.15) is 69.3 Å². The van der Waals surface area contributed by atoms with Crippen molar-refractivity contribution in [3.63, 3.8) is 0 Å². The molecule has 26 heavy (non-hydrogen) atoms. The molecule has 0 atom stereocenters. The molecule has 146 valence electrons. The number of hydrogen-bond acceptors (Lipinski definition) is 3. The molecule has 1 aliphatic carbocycles. The van der Waals surface area contributed by atoms with Gasteiger partial charge in [-0.15, -0.1) is 0 Å². The lowest BCUT2D eigenvalue weighted by atomic mass is 9.83. The Labute approximate surface area is 157 Å². The van der Waals surface area contributed by atoms with Crippen molar-refractivity contribution < 1.29 is 13.2 Å². The summed E-state index contributed by atoms with van der Waals surface area (Å²) < 4.78 is 40.9. The molecule has 1 aromatic rings. The second-order valence-electron chi connectivity index (χ2n) is 8.71. The van der Waals surface area contributed by atoms with Crippen molar-refractivity contribution in [2.75, 3.05) is 24.6 Å². The SMILES string of the molecule is CC(C)n1nc(C(F)(F)F)cc1C1CCC(N2CCC3(CSC3)C2)CC1. The van der Waals surface area contributed by atoms with E-state index in [1.165, 1.54) is 37.1 Å². The zero-order valence-electron chi connectivity index (χ0n) is 15.6. The topological polar surface area (TPSA) is 21.1 Å². The first-order chi connectivity index (χ1) is 12.3. The molecule has 0 unspecified atom stereocenters. The molecule has 3 fully saturated rings. The van der Waals surface area contributed by atoms with E-state index in [0.717, 1.165) is 31.4 Å². The molecule has 1 spiro atoms. The molecular formula is C19H28F3N3S. The largest absolute Gasteiger partial charge is 0.435 e. The molecular weight excluding hydrogens is 359 g/mol. The van der Waals surface area contributed by atoms with Gasteiger partial charge in [0.15, 0.2) is 5.69 Å². The van der Waals surface area contributed by atoms with Crippen molar-refractivity contribution in [1.29, 1.82) is 0 Å². The maximum atomic E-state index is 13.1. The van der Waals surface area contributed by atoms with Crippen LogP contribution in [0.15, 0.2) is 6.07 Å². The van der Waals surface area contributed by atoms with E-state index in [9.17, 15) is 13.2 Å². The van der Waals surface area contributed by atoms with Crippen molar-refractivity contribution in [2.24, 2.45) is 5.41 Å². The number of rotatable bonds is 3. The highest BCUT2D eigenvalue weighted by molar-refractivity contribution is 8.00. The molecule has 1 aromatic heterocycles. The summed E-state index contributed by atoms with van der Waals surface area (Å²) in [5.41, 5.74) is 0.616. The number of halogens is 3. The normalized spacial score (nSPS) is 29.5. The van der Waals surface area contributed by atoms with Crippen LogP contribution in [0.4, 0.5) is 13.2 Å². The van der Waals surface area contributed by atoms with E-state index in [1.807, 2.05) is 13.8 Å². The smallest absolute Gasteiger partial charge is 0.300 e. The Bertz CT molecular complexity index is 643. The molecule has 4 rings (SSSR count). The van der Waals surface area contributed by atoms with Crippen LogP contribution in [0.2, 0.25) is 0 Å². The Morgan fingerprint density at radius 3 is 2.38 bits per heavy atom. The van der Waals surface area contributed by atoms with Gasteiger partial charge in [-0.3, -0.25) is 9.58 Å². The van der Waals surface area contributed by atoms with E-state index < -0.39 is 11.9 Å². The van der Waals surface area contributed by atoms with Gasteiger partial charge in [0.05, 0.1) is 0 Å². The summed E-state index contributed by atoms with van der Waals surface area (Å²) in [7, 11) is 0. The van der Waals surface area contributed by atoms with Crippen molar-refractivity contribution in [3.8, 4) is 0 Å². The lowest BCUT2D eigenvalue weighted by Crippen LogP contribution is -2.42. The molecule has 0 N–H and O–H groups in total. The third kappa shape index (κ3) is 3.41. The molecule has 0 radical (unpaired) electrons. The second-order valence-corrected chi connectivity index (χ2v) is 9.69. The molecule has 3 aliphatic rings. The molecule has 2 saturated heterocycles. The van der Waals surface area contributed by atoms with Crippen LogP contribution in [-0.4, -0.2) is 45.3 Å². The van der Waals surface area contributed by atoms with Gasteiger partial charge in [0.25, 0.3) is 0 Å². The predicted molar refractivity (Wildman–Crippen MR) is 98.6 cm³/mol. The summed E-state index contributed by atoms with van der Waals surface area (Å²) in [6.07, 6.45) is 1.10. The average Bonchev–Trinajstić information content (AvgIpc) is 3.19. The zero-order chi connectivity index (χ0) is 18.5. The Hall–Kier alpha value is -0.690. The van der Waals surface area contributed by atoms with Gasteiger partial charge < -0.3 is 0 Å². The predicted octanol–water partition coefficient (Wildman–Crippen LogP) is 4.95. The van der Waals surface area contributed by atoms with Crippen LogP contribution in [0.25, 0.3) is 0 Å². The number of aromatic nitrogens is 2. The molecule has 7 heteroatoms. The van der Waals surface area contributed by atoms with Gasteiger partial charge in [0, 0.05) is 47.2 Å². The molecule has 0 amide bonds. The molecule has 3 nitrogen and oxygen atoms in total. The molecule has 0 aromatic carbocycles. The number of thioether (sulfide) groups is 1. The first-order valence-electron chi connectivity index (χ1n) is 9.76. The molecule has 2 aliphatic heterocycles. The molecule has 3 heterocycles. The quantitative estimate of drug-likeness (QED) is 0.732. The summed E-state index contributed by atoms with van der Waals surface area (Å²) in [5.74, 6) is 2.83. The number of hydrogen-bond donors (Lipinski definition) is 0. The van der Waals surface area contributed by atoms with E-state index >= 15 is 0 Å². The first-order valence-corrected chi connectivity index (χ1v) is 10.9. The fraction of sp³-hybridized carbons (Fsp3) is 0.842. The maximum absolute atomic E-state index is 13.1. The standard InChI is InChI=1S/C19H28F3N3S/c1-13(2)25-16(9-17(23-25)19(20,21)22)14-3-5-15(6-4-14)24-8-7-18(10-24)11-26-12-18/h9,13-15H,3-8,10-12H2,1-2H3. The number of likely N-dealkylation sites (tertiary alicyclic amines) is 1. The Kier molecular flexibility index (Phi) is 4.83. The third-order valence-electron chi connectivity index (χ3n) is 6.46. The Morgan fingerprint density at radius 2 is 1.88 bits per heavy atom. The van der Waals surface area contributed by atoms with Crippen LogP contribution < -0.4 is 0 Å². The fourth-order valence-corrected chi connectivity index (χ4v) is 6.16. The number of nitrogens with zero attached hydrogens (tertiary/aromatic N) is 3. The van der Waals surface area contributed by atoms with E-state index in [0.29, 0.717) is 11.5 Å². The molecule has 1 saturated carbocycles. The van der Waals surface area contributed by atoms with Gasteiger partial charge in [-0.1, -0.05) is 0 Å². The summed E-state index contributed by atoms with van der Waals surface area (Å²) in [4.78, 5) is 2.66. The highest BCUT2D eigenvalue weighted by Gasteiger charge is 2.45. The van der Waals surface area contributed by atoms with Crippen LogP contribution >= 0.6 is 11.8 Å². The monoisotopic (exact) mass is 387 g/mol. The van der Waals surface area contributed by atoms with Crippen molar-refractivity contribution in [1.82, 2.24) is 14.7 Å². The van der Waals surface area contributed by atoms with Gasteiger partial charge in [-0.2, -0.15) is 30.0 Å². The van der Waals surface area contributed by atoms with Crippen LogP contribution in [0.5, 0.6) is 0 Å². The van der Waals surface area contributed by atoms with Gasteiger partial charge in [0.1, 0.15) is 0 Å². The lowest BCUT2D eigenvalue weighted by molar-refractivity contribution is -0.141. The van der Waals surface area contributed by atoms with E-state index in [2.05, 4.69) is 21.8 Å². The summed E-state index contributed by atoms with van der Waals surface area (Å²) in [5, 5.41) is 3.87. The maximum Gasteiger partial charge on any atom is 0.435 e. The average molecular weight is 388 g/mol. The van der Waals surface area contributed by atoms with Crippen molar-refractivity contribution in [3.05, 3.63) is 17.5 Å². The fourth-order valence-electron chi connectivity index (χ4n) is 4.91. The van der Waals surface area contributed by atoms with Crippen LogP contribution in [0.3, 0.4) is 0 Å². The lowest BCUT2D eigenvalue weighted by Gasteiger charge is -2.40. The summed E-state index contributed by atoms with van der Waals surface area (Å²) in [6.45, 7) is 6.25.